The lowest BCUT2D eigenvalue weighted by Gasteiger charge is -2.32. The number of carbonyl (C=O) groups is 2. The molecule has 0 N–H and O–H groups in total. The van der Waals surface area contributed by atoms with Crippen molar-refractivity contribution in [2.75, 3.05) is 32.8 Å². The third-order valence-electron chi connectivity index (χ3n) is 5.75. The fourth-order valence-electron chi connectivity index (χ4n) is 4.15. The number of furan rings is 1. The van der Waals surface area contributed by atoms with Crippen molar-refractivity contribution in [3.63, 3.8) is 0 Å². The van der Waals surface area contributed by atoms with Crippen molar-refractivity contribution in [3.8, 4) is 5.75 Å². The zero-order valence-corrected chi connectivity index (χ0v) is 16.7. The summed E-state index contributed by atoms with van der Waals surface area (Å²) < 4.78 is 11.3. The minimum absolute atomic E-state index is 0.0613. The van der Waals surface area contributed by atoms with E-state index in [-0.39, 0.29) is 17.7 Å². The molecule has 6 nitrogen and oxygen atoms in total. The lowest BCUT2D eigenvalue weighted by atomic mass is 9.98. The number of carbonyl (C=O) groups excluding carboxylic acids is 2. The van der Waals surface area contributed by atoms with Crippen molar-refractivity contribution >= 4 is 11.8 Å². The van der Waals surface area contributed by atoms with Gasteiger partial charge in [-0.1, -0.05) is 6.07 Å². The van der Waals surface area contributed by atoms with E-state index in [1.165, 1.54) is 12.7 Å². The first kappa shape index (κ1) is 19.6. The molecule has 3 heterocycles. The molecule has 0 radical (unpaired) electrons. The summed E-state index contributed by atoms with van der Waals surface area (Å²) >= 11 is 0. The maximum absolute atomic E-state index is 12.7. The van der Waals surface area contributed by atoms with Crippen LogP contribution in [0, 0.1) is 5.92 Å². The number of ether oxygens (including phenoxy) is 1. The van der Waals surface area contributed by atoms with E-state index >= 15 is 0 Å². The van der Waals surface area contributed by atoms with Crippen LogP contribution in [-0.4, -0.2) is 54.4 Å². The van der Waals surface area contributed by atoms with E-state index in [0.717, 1.165) is 45.3 Å². The summed E-state index contributed by atoms with van der Waals surface area (Å²) in [6.45, 7) is 3.61. The Balaban J connectivity index is 1.33. The fraction of sp³-hybridized carbons (Fsp3) is 0.478. The van der Waals surface area contributed by atoms with Crippen LogP contribution in [0.3, 0.4) is 0 Å². The molecule has 2 aliphatic heterocycles. The largest absolute Gasteiger partial charge is 0.493 e. The Morgan fingerprint density at radius 3 is 2.59 bits per heavy atom. The molecule has 6 heteroatoms. The molecular weight excluding hydrogens is 368 g/mol. The SMILES string of the molecule is O=C(c1cccc(OC[C@@H]2CCCN(C(=O)c3ccco3)C2)c1)N1CCCCC1. The second kappa shape index (κ2) is 9.16. The van der Waals surface area contributed by atoms with Crippen LogP contribution in [0.4, 0.5) is 0 Å². The van der Waals surface area contributed by atoms with Gasteiger partial charge in [-0.15, -0.1) is 0 Å². The van der Waals surface area contributed by atoms with Gasteiger partial charge in [0.1, 0.15) is 5.75 Å². The minimum Gasteiger partial charge on any atom is -0.493 e. The number of benzene rings is 1. The van der Waals surface area contributed by atoms with Crippen LogP contribution in [0.1, 0.15) is 53.0 Å². The van der Waals surface area contributed by atoms with E-state index in [1.807, 2.05) is 34.1 Å². The van der Waals surface area contributed by atoms with E-state index in [4.69, 9.17) is 9.15 Å². The first-order valence-corrected chi connectivity index (χ1v) is 10.6. The number of piperidine rings is 2. The summed E-state index contributed by atoms with van der Waals surface area (Å²) in [5.41, 5.74) is 0.683. The summed E-state index contributed by atoms with van der Waals surface area (Å²) in [6, 6.07) is 10.9. The lowest BCUT2D eigenvalue weighted by Crippen LogP contribution is -2.41. The number of amides is 2. The van der Waals surface area contributed by atoms with Crippen LogP contribution >= 0.6 is 0 Å². The van der Waals surface area contributed by atoms with Crippen LogP contribution in [-0.2, 0) is 0 Å². The first-order valence-electron chi connectivity index (χ1n) is 10.6. The molecular formula is C23H28N2O4. The molecule has 2 saturated heterocycles. The van der Waals surface area contributed by atoms with Crippen LogP contribution in [0.5, 0.6) is 5.75 Å². The Labute approximate surface area is 171 Å². The average molecular weight is 396 g/mol. The van der Waals surface area contributed by atoms with Crippen LogP contribution < -0.4 is 4.74 Å². The molecule has 1 atom stereocenters. The molecule has 154 valence electrons. The van der Waals surface area contributed by atoms with Gasteiger partial charge in [-0.25, -0.2) is 0 Å². The van der Waals surface area contributed by atoms with Crippen molar-refractivity contribution in [2.45, 2.75) is 32.1 Å². The Morgan fingerprint density at radius 2 is 1.79 bits per heavy atom. The Morgan fingerprint density at radius 1 is 0.966 bits per heavy atom. The predicted octanol–water partition coefficient (Wildman–Crippen LogP) is 3.84. The highest BCUT2D eigenvalue weighted by Gasteiger charge is 2.26. The smallest absolute Gasteiger partial charge is 0.289 e. The number of hydrogen-bond donors (Lipinski definition) is 0. The number of likely N-dealkylation sites (tertiary alicyclic amines) is 2. The first-order chi connectivity index (χ1) is 14.2. The predicted molar refractivity (Wildman–Crippen MR) is 109 cm³/mol. The second-order valence-corrected chi connectivity index (χ2v) is 7.93. The van der Waals surface area contributed by atoms with Gasteiger partial charge in [0.2, 0.25) is 0 Å². The fourth-order valence-corrected chi connectivity index (χ4v) is 4.15. The maximum Gasteiger partial charge on any atom is 0.289 e. The highest BCUT2D eigenvalue weighted by atomic mass is 16.5. The molecule has 0 aliphatic carbocycles. The zero-order valence-electron chi connectivity index (χ0n) is 16.7. The number of nitrogens with zero attached hydrogens (tertiary/aromatic N) is 2. The highest BCUT2D eigenvalue weighted by molar-refractivity contribution is 5.94. The van der Waals surface area contributed by atoms with Gasteiger partial charge >= 0.3 is 0 Å². The van der Waals surface area contributed by atoms with Gasteiger partial charge in [0.15, 0.2) is 5.76 Å². The van der Waals surface area contributed by atoms with Gasteiger partial charge in [0.25, 0.3) is 11.8 Å². The summed E-state index contributed by atoms with van der Waals surface area (Å²) in [5, 5.41) is 0. The minimum atomic E-state index is -0.0613. The zero-order chi connectivity index (χ0) is 20.1. The molecule has 2 aliphatic rings. The topological polar surface area (TPSA) is 63.0 Å². The van der Waals surface area contributed by atoms with Crippen LogP contribution in [0.2, 0.25) is 0 Å². The van der Waals surface area contributed by atoms with Gasteiger partial charge in [-0.3, -0.25) is 9.59 Å². The van der Waals surface area contributed by atoms with Crippen molar-refractivity contribution in [1.29, 1.82) is 0 Å². The molecule has 2 amide bonds. The third kappa shape index (κ3) is 4.81. The van der Waals surface area contributed by atoms with E-state index in [0.29, 0.717) is 30.2 Å². The summed E-state index contributed by atoms with van der Waals surface area (Å²) in [4.78, 5) is 29.0. The Kier molecular flexibility index (Phi) is 6.17. The van der Waals surface area contributed by atoms with Crippen LogP contribution in [0.25, 0.3) is 0 Å². The summed E-state index contributed by atoms with van der Waals surface area (Å²) in [5.74, 6) is 1.39. The quantitative estimate of drug-likeness (QED) is 0.770. The molecule has 0 saturated carbocycles. The van der Waals surface area contributed by atoms with Gasteiger partial charge in [0, 0.05) is 37.7 Å². The van der Waals surface area contributed by atoms with Gasteiger partial charge in [0.05, 0.1) is 12.9 Å². The standard InChI is InChI=1S/C23H28N2O4/c26-22(24-11-2-1-3-12-24)19-8-4-9-20(15-19)29-17-18-7-5-13-25(16-18)23(27)21-10-6-14-28-21/h4,6,8-10,14-15,18H,1-3,5,7,11-13,16-17H2/t18-/m1/s1. The van der Waals surface area contributed by atoms with Crippen molar-refractivity contribution in [1.82, 2.24) is 9.80 Å². The lowest BCUT2D eigenvalue weighted by molar-refractivity contribution is 0.0601. The van der Waals surface area contributed by atoms with Crippen LogP contribution in [0.15, 0.2) is 47.1 Å². The van der Waals surface area contributed by atoms with E-state index in [2.05, 4.69) is 0 Å². The van der Waals surface area contributed by atoms with Crippen molar-refractivity contribution < 1.29 is 18.7 Å². The molecule has 0 spiro atoms. The van der Waals surface area contributed by atoms with Crippen molar-refractivity contribution in [2.24, 2.45) is 5.92 Å². The van der Waals surface area contributed by atoms with Gasteiger partial charge in [-0.05, 0) is 62.4 Å². The molecule has 2 fully saturated rings. The summed E-state index contributed by atoms with van der Waals surface area (Å²) in [7, 11) is 0. The normalized spacial score (nSPS) is 19.8. The summed E-state index contributed by atoms with van der Waals surface area (Å²) in [6.07, 6.45) is 6.86. The van der Waals surface area contributed by atoms with E-state index < -0.39 is 0 Å². The Bertz CT molecular complexity index is 827. The van der Waals surface area contributed by atoms with Gasteiger partial charge < -0.3 is 19.0 Å². The van der Waals surface area contributed by atoms with E-state index in [9.17, 15) is 9.59 Å². The maximum atomic E-state index is 12.7. The monoisotopic (exact) mass is 396 g/mol. The molecule has 1 aromatic carbocycles. The number of rotatable bonds is 5. The third-order valence-corrected chi connectivity index (χ3v) is 5.75. The molecule has 0 bridgehead atoms. The molecule has 1 aromatic heterocycles. The molecule has 0 unspecified atom stereocenters. The average Bonchev–Trinajstić information content (AvgIpc) is 3.33. The van der Waals surface area contributed by atoms with Crippen molar-refractivity contribution in [3.05, 3.63) is 54.0 Å². The second-order valence-electron chi connectivity index (χ2n) is 7.93. The highest BCUT2D eigenvalue weighted by Crippen LogP contribution is 2.22. The van der Waals surface area contributed by atoms with E-state index in [1.54, 1.807) is 12.1 Å². The number of hydrogen-bond acceptors (Lipinski definition) is 4. The molecule has 4 rings (SSSR count). The molecule has 29 heavy (non-hydrogen) atoms. The molecule has 2 aromatic rings. The Hall–Kier alpha value is -2.76. The van der Waals surface area contributed by atoms with Gasteiger partial charge in [-0.2, -0.15) is 0 Å².